The van der Waals surface area contributed by atoms with E-state index in [1.54, 1.807) is 37.1 Å². The minimum atomic E-state index is -0.0513. The number of anilines is 2. The average Bonchev–Trinajstić information content (AvgIpc) is 2.67. The smallest absolute Gasteiger partial charge is 0.317 e. The van der Waals surface area contributed by atoms with Crippen LogP contribution >= 0.6 is 0 Å². The van der Waals surface area contributed by atoms with E-state index in [1.807, 2.05) is 4.90 Å². The van der Waals surface area contributed by atoms with Crippen molar-refractivity contribution in [2.45, 2.75) is 0 Å². The quantitative estimate of drug-likeness (QED) is 0.757. The molecule has 1 aliphatic rings. The zero-order valence-corrected chi connectivity index (χ0v) is 13.3. The number of rotatable bonds is 5. The van der Waals surface area contributed by atoms with Gasteiger partial charge in [-0.15, -0.1) is 0 Å². The van der Waals surface area contributed by atoms with E-state index in [9.17, 15) is 4.79 Å². The van der Waals surface area contributed by atoms with E-state index in [-0.39, 0.29) is 6.03 Å². The van der Waals surface area contributed by atoms with Gasteiger partial charge in [0.2, 0.25) is 5.95 Å². The Balaban J connectivity index is 1.36. The third kappa shape index (κ3) is 4.28. The lowest BCUT2D eigenvalue weighted by molar-refractivity contribution is 0.194. The zero-order valence-electron chi connectivity index (χ0n) is 13.3. The first-order valence-corrected chi connectivity index (χ1v) is 7.87. The lowest BCUT2D eigenvalue weighted by atomic mass is 10.3. The van der Waals surface area contributed by atoms with Crippen LogP contribution in [0.2, 0.25) is 0 Å². The highest BCUT2D eigenvalue weighted by atomic mass is 16.2. The number of urea groups is 1. The van der Waals surface area contributed by atoms with Gasteiger partial charge in [-0.2, -0.15) is 0 Å². The highest BCUT2D eigenvalue weighted by Gasteiger charge is 2.21. The van der Waals surface area contributed by atoms with Crippen LogP contribution in [0.3, 0.4) is 0 Å². The molecule has 0 saturated carbocycles. The second-order valence-electron chi connectivity index (χ2n) is 5.27. The number of aromatic nitrogens is 4. The molecule has 126 valence electrons. The fraction of sp³-hybridized carbons (Fsp3) is 0.400. The number of nitrogens with zero attached hydrogens (tertiary/aromatic N) is 6. The van der Waals surface area contributed by atoms with Crippen molar-refractivity contribution in [1.29, 1.82) is 0 Å². The molecule has 9 heteroatoms. The molecule has 0 aliphatic carbocycles. The number of carbonyl (C=O) groups excluding carboxylic acids is 1. The number of carbonyl (C=O) groups is 1. The predicted molar refractivity (Wildman–Crippen MR) is 89.7 cm³/mol. The number of piperazine rings is 1. The Labute approximate surface area is 140 Å². The molecule has 0 bridgehead atoms. The predicted octanol–water partition coefficient (Wildman–Crippen LogP) is 0.210. The fourth-order valence-corrected chi connectivity index (χ4v) is 2.43. The summed E-state index contributed by atoms with van der Waals surface area (Å²) in [5.74, 6) is 1.41. The number of hydrogen-bond donors (Lipinski definition) is 2. The van der Waals surface area contributed by atoms with Gasteiger partial charge in [0, 0.05) is 64.1 Å². The van der Waals surface area contributed by atoms with Gasteiger partial charge in [0.25, 0.3) is 0 Å². The Kier molecular flexibility index (Phi) is 5.33. The van der Waals surface area contributed by atoms with Gasteiger partial charge in [0.15, 0.2) is 0 Å². The molecule has 2 aromatic heterocycles. The molecular formula is C15H20N8O. The van der Waals surface area contributed by atoms with Crippen LogP contribution in [0.25, 0.3) is 0 Å². The summed E-state index contributed by atoms with van der Waals surface area (Å²) >= 11 is 0. The van der Waals surface area contributed by atoms with Crippen LogP contribution in [0.4, 0.5) is 16.6 Å². The topological polar surface area (TPSA) is 99.2 Å². The van der Waals surface area contributed by atoms with Crippen molar-refractivity contribution in [3.63, 3.8) is 0 Å². The highest BCUT2D eigenvalue weighted by molar-refractivity contribution is 5.74. The first-order chi connectivity index (χ1) is 11.8. The Morgan fingerprint density at radius 2 is 1.79 bits per heavy atom. The van der Waals surface area contributed by atoms with Crippen LogP contribution in [-0.4, -0.2) is 70.1 Å². The lowest BCUT2D eigenvalue weighted by Gasteiger charge is -2.34. The molecule has 9 nitrogen and oxygen atoms in total. The van der Waals surface area contributed by atoms with Gasteiger partial charge >= 0.3 is 6.03 Å². The molecule has 2 N–H and O–H groups in total. The van der Waals surface area contributed by atoms with Gasteiger partial charge < -0.3 is 20.4 Å². The molecule has 24 heavy (non-hydrogen) atoms. The van der Waals surface area contributed by atoms with Crippen molar-refractivity contribution in [1.82, 2.24) is 30.2 Å². The largest absolute Gasteiger partial charge is 0.367 e. The van der Waals surface area contributed by atoms with Crippen molar-refractivity contribution in [2.24, 2.45) is 0 Å². The minimum Gasteiger partial charge on any atom is -0.367 e. The van der Waals surface area contributed by atoms with E-state index < -0.39 is 0 Å². The molecule has 2 aromatic rings. The standard InChI is InChI=1S/C15H20N8O/c24-15(21-7-6-18-13-12-16-4-5-17-13)23-10-8-22(9-11-23)14-19-2-1-3-20-14/h1-5,12H,6-11H2,(H,17,18)(H,21,24). The number of nitrogens with one attached hydrogen (secondary N) is 2. The second kappa shape index (κ2) is 8.04. The summed E-state index contributed by atoms with van der Waals surface area (Å²) < 4.78 is 0. The molecule has 0 radical (unpaired) electrons. The third-order valence-corrected chi connectivity index (χ3v) is 3.67. The number of amides is 2. The van der Waals surface area contributed by atoms with Gasteiger partial charge in [-0.25, -0.2) is 19.7 Å². The van der Waals surface area contributed by atoms with Crippen LogP contribution < -0.4 is 15.5 Å². The van der Waals surface area contributed by atoms with Crippen LogP contribution in [-0.2, 0) is 0 Å². The zero-order chi connectivity index (χ0) is 16.6. The van der Waals surface area contributed by atoms with Crippen molar-refractivity contribution in [3.05, 3.63) is 37.1 Å². The Morgan fingerprint density at radius 1 is 1.00 bits per heavy atom. The molecule has 1 saturated heterocycles. The summed E-state index contributed by atoms with van der Waals surface area (Å²) in [7, 11) is 0. The molecule has 0 aromatic carbocycles. The minimum absolute atomic E-state index is 0.0513. The Morgan fingerprint density at radius 3 is 2.50 bits per heavy atom. The molecule has 3 heterocycles. The van der Waals surface area contributed by atoms with E-state index >= 15 is 0 Å². The average molecular weight is 328 g/mol. The van der Waals surface area contributed by atoms with Gasteiger partial charge in [-0.05, 0) is 6.07 Å². The maximum atomic E-state index is 12.2. The van der Waals surface area contributed by atoms with Crippen LogP contribution in [0.15, 0.2) is 37.1 Å². The second-order valence-corrected chi connectivity index (χ2v) is 5.27. The van der Waals surface area contributed by atoms with Gasteiger partial charge in [0.05, 0.1) is 6.20 Å². The molecule has 0 spiro atoms. The summed E-state index contributed by atoms with van der Waals surface area (Å²) in [5, 5.41) is 6.00. The Hall–Kier alpha value is -2.97. The first kappa shape index (κ1) is 15.9. The SMILES string of the molecule is O=C(NCCNc1cnccn1)N1CCN(c2ncccn2)CC1. The fourth-order valence-electron chi connectivity index (χ4n) is 2.43. The summed E-state index contributed by atoms with van der Waals surface area (Å²) in [4.78, 5) is 32.6. The van der Waals surface area contributed by atoms with Crippen molar-refractivity contribution >= 4 is 17.8 Å². The molecule has 1 aliphatic heterocycles. The highest BCUT2D eigenvalue weighted by Crippen LogP contribution is 2.09. The van der Waals surface area contributed by atoms with E-state index in [4.69, 9.17) is 0 Å². The van der Waals surface area contributed by atoms with E-state index in [1.165, 1.54) is 0 Å². The molecule has 0 atom stereocenters. The third-order valence-electron chi connectivity index (χ3n) is 3.67. The summed E-state index contributed by atoms with van der Waals surface area (Å²) in [6.07, 6.45) is 8.34. The van der Waals surface area contributed by atoms with Crippen molar-refractivity contribution < 1.29 is 4.79 Å². The first-order valence-electron chi connectivity index (χ1n) is 7.87. The summed E-state index contributed by atoms with van der Waals surface area (Å²) in [5.41, 5.74) is 0. The van der Waals surface area contributed by atoms with Crippen LogP contribution in [0.5, 0.6) is 0 Å². The van der Waals surface area contributed by atoms with Gasteiger partial charge in [-0.3, -0.25) is 4.98 Å². The molecular weight excluding hydrogens is 308 g/mol. The molecule has 1 fully saturated rings. The van der Waals surface area contributed by atoms with E-state index in [2.05, 4.69) is 35.5 Å². The molecule has 2 amide bonds. The van der Waals surface area contributed by atoms with Crippen molar-refractivity contribution in [2.75, 3.05) is 49.5 Å². The molecule has 0 unspecified atom stereocenters. The molecule has 3 rings (SSSR count). The maximum Gasteiger partial charge on any atom is 0.317 e. The number of hydrogen-bond acceptors (Lipinski definition) is 7. The Bertz CT molecular complexity index is 630. The monoisotopic (exact) mass is 328 g/mol. The van der Waals surface area contributed by atoms with Gasteiger partial charge in [0.1, 0.15) is 5.82 Å². The lowest BCUT2D eigenvalue weighted by Crippen LogP contribution is -2.52. The summed E-state index contributed by atoms with van der Waals surface area (Å²) in [6, 6.07) is 1.74. The normalized spacial score (nSPS) is 14.3. The van der Waals surface area contributed by atoms with Crippen molar-refractivity contribution in [3.8, 4) is 0 Å². The van der Waals surface area contributed by atoms with Crippen LogP contribution in [0, 0.1) is 0 Å². The van der Waals surface area contributed by atoms with E-state index in [0.29, 0.717) is 37.9 Å². The van der Waals surface area contributed by atoms with Gasteiger partial charge in [-0.1, -0.05) is 0 Å². The van der Waals surface area contributed by atoms with Crippen LogP contribution in [0.1, 0.15) is 0 Å². The van der Waals surface area contributed by atoms with E-state index in [0.717, 1.165) is 13.1 Å². The summed E-state index contributed by atoms with van der Waals surface area (Å²) in [6.45, 7) is 3.90. The maximum absolute atomic E-state index is 12.2.